The summed E-state index contributed by atoms with van der Waals surface area (Å²) in [7, 11) is -9.94. The predicted octanol–water partition coefficient (Wildman–Crippen LogP) is 3.53. The number of aliphatic hydroxyl groups excluding tert-OH is 1. The number of aromatic carboxylic acids is 1. The minimum absolute atomic E-state index is 0.0357. The van der Waals surface area contributed by atoms with Gasteiger partial charge in [0.2, 0.25) is 0 Å². The molecule has 0 amide bonds. The summed E-state index contributed by atoms with van der Waals surface area (Å²) in [5, 5.41) is 17.1. The van der Waals surface area contributed by atoms with Crippen molar-refractivity contribution in [3.05, 3.63) is 29.3 Å². The van der Waals surface area contributed by atoms with E-state index in [9.17, 15) is 24.2 Å². The van der Waals surface area contributed by atoms with Gasteiger partial charge < -0.3 is 10.2 Å². The first kappa shape index (κ1) is 13.7. The lowest BCUT2D eigenvalue weighted by molar-refractivity contribution is 0.0696. The Morgan fingerprint density at radius 3 is 2.00 bits per heavy atom. The van der Waals surface area contributed by atoms with Crippen LogP contribution in [0.15, 0.2) is 23.1 Å². The molecule has 1 aromatic rings. The first-order valence-corrected chi connectivity index (χ1v) is 6.01. The van der Waals surface area contributed by atoms with Gasteiger partial charge in [0.15, 0.2) is 0 Å². The van der Waals surface area contributed by atoms with E-state index in [0.717, 1.165) is 0 Å². The molecule has 0 saturated carbocycles. The van der Waals surface area contributed by atoms with E-state index in [1.807, 2.05) is 0 Å². The second kappa shape index (κ2) is 3.10. The maximum absolute atomic E-state index is 12.4. The van der Waals surface area contributed by atoms with Crippen molar-refractivity contribution in [3.63, 3.8) is 0 Å². The molecule has 9 heteroatoms. The Hall–Kier alpha value is -1.35. The van der Waals surface area contributed by atoms with Crippen LogP contribution in [0.4, 0.5) is 19.4 Å². The molecule has 2 N–H and O–H groups in total. The molecule has 0 radical (unpaired) electrons. The number of hydrogen-bond donors (Lipinski definition) is 2. The van der Waals surface area contributed by atoms with Crippen LogP contribution in [0.3, 0.4) is 0 Å². The second-order valence-electron chi connectivity index (χ2n) is 3.30. The second-order valence-corrected chi connectivity index (χ2v) is 5.71. The van der Waals surface area contributed by atoms with Crippen LogP contribution in [-0.4, -0.2) is 16.2 Å². The van der Waals surface area contributed by atoms with Crippen molar-refractivity contribution < 1.29 is 34.4 Å². The monoisotopic (exact) mass is 278 g/mol. The largest absolute Gasteiger partial charge is 0.478 e. The third-order valence-electron chi connectivity index (χ3n) is 1.84. The molecule has 3 nitrogen and oxygen atoms in total. The lowest BCUT2D eigenvalue weighted by Crippen LogP contribution is -2.09. The van der Waals surface area contributed by atoms with E-state index in [1.165, 1.54) is 0 Å². The predicted molar refractivity (Wildman–Crippen MR) is 50.7 cm³/mol. The quantitative estimate of drug-likeness (QED) is 0.831. The summed E-state index contributed by atoms with van der Waals surface area (Å²) < 4.78 is 62.2. The number of carboxylic acid groups (broad SMARTS) is 1. The zero-order valence-corrected chi connectivity index (χ0v) is 8.86. The Balaban J connectivity index is 3.58. The lowest BCUT2D eigenvalue weighted by Gasteiger charge is -2.40. The highest BCUT2D eigenvalue weighted by atomic mass is 32.5. The van der Waals surface area contributed by atoms with Crippen LogP contribution in [0.25, 0.3) is 0 Å². The lowest BCUT2D eigenvalue weighted by atomic mass is 10.1. The maximum Gasteiger partial charge on any atom is 0.335 e. The molecule has 1 rings (SSSR count). The highest BCUT2D eigenvalue weighted by Gasteiger charge is 2.65. The fourth-order valence-electron chi connectivity index (χ4n) is 1.10. The standard InChI is InChI=1S/C8H7F5O3S/c9-17(10,11,12,13)7-2-5(4-14)1-6(3-7)8(15)16/h1-3,14H,4H2,(H,15,16). The maximum atomic E-state index is 12.4. The van der Waals surface area contributed by atoms with Gasteiger partial charge in [-0.15, -0.1) is 0 Å². The van der Waals surface area contributed by atoms with E-state index in [1.54, 1.807) is 0 Å². The fourth-order valence-corrected chi connectivity index (χ4v) is 1.82. The molecule has 0 spiro atoms. The average molecular weight is 278 g/mol. The van der Waals surface area contributed by atoms with Crippen molar-refractivity contribution in [2.24, 2.45) is 0 Å². The molecule has 17 heavy (non-hydrogen) atoms. The van der Waals surface area contributed by atoms with Gasteiger partial charge in [-0.2, -0.15) is 0 Å². The summed E-state index contributed by atoms with van der Waals surface area (Å²) in [6.45, 7) is -0.970. The van der Waals surface area contributed by atoms with Crippen molar-refractivity contribution in [1.29, 1.82) is 0 Å². The van der Waals surface area contributed by atoms with Gasteiger partial charge in [-0.05, 0) is 23.8 Å². The minimum Gasteiger partial charge on any atom is -0.478 e. The van der Waals surface area contributed by atoms with E-state index < -0.39 is 38.8 Å². The van der Waals surface area contributed by atoms with Crippen molar-refractivity contribution in [1.82, 2.24) is 0 Å². The molecule has 0 atom stereocenters. The van der Waals surface area contributed by atoms with Gasteiger partial charge in [-0.25, -0.2) is 4.79 Å². The molecule has 0 saturated heterocycles. The van der Waals surface area contributed by atoms with Gasteiger partial charge in [0.1, 0.15) is 4.90 Å². The molecule has 0 unspecified atom stereocenters. The van der Waals surface area contributed by atoms with Crippen molar-refractivity contribution in [2.45, 2.75) is 11.5 Å². The van der Waals surface area contributed by atoms with Crippen molar-refractivity contribution in [2.75, 3.05) is 0 Å². The zero-order chi connectivity index (χ0) is 13.5. The van der Waals surface area contributed by atoms with Crippen LogP contribution >= 0.6 is 10.2 Å². The van der Waals surface area contributed by atoms with Gasteiger partial charge in [-0.1, -0.05) is 19.4 Å². The molecule has 0 aliphatic rings. The first-order chi connectivity index (χ1) is 7.33. The Bertz CT molecular complexity index is 481. The third kappa shape index (κ3) is 3.30. The number of carbonyl (C=O) groups is 1. The highest BCUT2D eigenvalue weighted by molar-refractivity contribution is 8.45. The van der Waals surface area contributed by atoms with Crippen LogP contribution in [-0.2, 0) is 6.61 Å². The Morgan fingerprint density at radius 1 is 1.12 bits per heavy atom. The minimum atomic E-state index is -9.94. The molecule has 0 aliphatic heterocycles. The smallest absolute Gasteiger partial charge is 0.335 e. The molecule has 1 aromatic carbocycles. The Morgan fingerprint density at radius 2 is 1.65 bits per heavy atom. The zero-order valence-electron chi connectivity index (χ0n) is 8.04. The summed E-state index contributed by atoms with van der Waals surface area (Å²) in [5.74, 6) is -1.79. The SMILES string of the molecule is O=C(O)c1cc(CO)cc(S(F)(F)(F)(F)F)c1. The van der Waals surface area contributed by atoms with E-state index >= 15 is 0 Å². The van der Waals surface area contributed by atoms with Crippen molar-refractivity contribution in [3.8, 4) is 0 Å². The first-order valence-electron chi connectivity index (χ1n) is 4.06. The fraction of sp³-hybridized carbons (Fsp3) is 0.125. The summed E-state index contributed by atoms with van der Waals surface area (Å²) >= 11 is 0. The summed E-state index contributed by atoms with van der Waals surface area (Å²) in [6.07, 6.45) is 0. The number of rotatable bonds is 3. The van der Waals surface area contributed by atoms with Crippen LogP contribution in [0, 0.1) is 0 Å². The molecular formula is C8H7F5O3S. The molecule has 0 aliphatic carbocycles. The normalized spacial score (nSPS) is 16.1. The van der Waals surface area contributed by atoms with Gasteiger partial charge in [-0.3, -0.25) is 0 Å². The summed E-state index contributed by atoms with van der Waals surface area (Å²) in [5.41, 5.74) is -1.51. The van der Waals surface area contributed by atoms with Crippen LogP contribution in [0.2, 0.25) is 0 Å². The molecule has 98 valence electrons. The summed E-state index contributed by atoms with van der Waals surface area (Å²) in [4.78, 5) is 8.15. The molecular weight excluding hydrogens is 271 g/mol. The van der Waals surface area contributed by atoms with Crippen LogP contribution in [0.5, 0.6) is 0 Å². The number of halogens is 5. The Labute approximate surface area is 92.2 Å². The summed E-state index contributed by atoms with van der Waals surface area (Å²) in [6, 6.07) is 0.576. The van der Waals surface area contributed by atoms with E-state index in [0.29, 0.717) is 6.07 Å². The van der Waals surface area contributed by atoms with Gasteiger partial charge in [0.25, 0.3) is 0 Å². The number of benzene rings is 1. The van der Waals surface area contributed by atoms with E-state index in [-0.39, 0.29) is 12.1 Å². The number of hydrogen-bond acceptors (Lipinski definition) is 2. The topological polar surface area (TPSA) is 57.5 Å². The molecule has 0 aromatic heterocycles. The van der Waals surface area contributed by atoms with Gasteiger partial charge >= 0.3 is 16.2 Å². The van der Waals surface area contributed by atoms with E-state index in [4.69, 9.17) is 10.2 Å². The molecule has 0 heterocycles. The van der Waals surface area contributed by atoms with Crippen LogP contribution < -0.4 is 0 Å². The third-order valence-corrected chi connectivity index (χ3v) is 2.97. The van der Waals surface area contributed by atoms with Crippen molar-refractivity contribution >= 4 is 16.2 Å². The highest BCUT2D eigenvalue weighted by Crippen LogP contribution is 3.02. The Kier molecular flexibility index (Phi) is 2.50. The number of aliphatic hydroxyl groups is 1. The van der Waals surface area contributed by atoms with Crippen LogP contribution in [0.1, 0.15) is 15.9 Å². The molecule has 0 bridgehead atoms. The average Bonchev–Trinajstić information content (AvgIpc) is 2.13. The van der Waals surface area contributed by atoms with Gasteiger partial charge in [0, 0.05) is 0 Å². The molecule has 0 fully saturated rings. The van der Waals surface area contributed by atoms with Gasteiger partial charge in [0.05, 0.1) is 12.2 Å². The number of carboxylic acids is 1. The van der Waals surface area contributed by atoms with E-state index in [2.05, 4.69) is 0 Å².